The summed E-state index contributed by atoms with van der Waals surface area (Å²) in [4.78, 5) is 29.6. The van der Waals surface area contributed by atoms with Crippen molar-refractivity contribution in [1.82, 2.24) is 9.88 Å². The van der Waals surface area contributed by atoms with Gasteiger partial charge in [-0.1, -0.05) is 12.1 Å². The summed E-state index contributed by atoms with van der Waals surface area (Å²) in [5.74, 6) is -0.151. The average Bonchev–Trinajstić information content (AvgIpc) is 3.09. The van der Waals surface area contributed by atoms with Crippen molar-refractivity contribution in [2.45, 2.75) is 19.3 Å². The second-order valence-electron chi connectivity index (χ2n) is 5.97. The molecule has 0 radical (unpaired) electrons. The van der Waals surface area contributed by atoms with E-state index in [9.17, 15) is 9.59 Å². The second-order valence-corrected chi connectivity index (χ2v) is 6.87. The van der Waals surface area contributed by atoms with Gasteiger partial charge in [0.05, 0.1) is 0 Å². The number of nitrogens with one attached hydrogen (secondary N) is 1. The highest BCUT2D eigenvalue weighted by Crippen LogP contribution is 2.25. The third-order valence-corrected chi connectivity index (χ3v) is 4.91. The monoisotopic (exact) mass is 344 g/mol. The lowest BCUT2D eigenvalue weighted by Crippen LogP contribution is -2.43. The van der Waals surface area contributed by atoms with Crippen LogP contribution in [-0.4, -0.2) is 34.9 Å². The molecule has 1 aliphatic heterocycles. The summed E-state index contributed by atoms with van der Waals surface area (Å²) < 4.78 is 0. The molecule has 0 unspecified atom stereocenters. The van der Waals surface area contributed by atoms with E-state index in [1.54, 1.807) is 22.4 Å². The van der Waals surface area contributed by atoms with Crippen LogP contribution in [0.3, 0.4) is 0 Å². The van der Waals surface area contributed by atoms with Gasteiger partial charge in [0.2, 0.25) is 5.91 Å². The highest BCUT2D eigenvalue weighted by atomic mass is 32.1. The Morgan fingerprint density at radius 3 is 3.04 bits per heavy atom. The number of amides is 3. The first-order valence-corrected chi connectivity index (χ1v) is 8.84. The topological polar surface area (TPSA) is 88.3 Å². The number of anilines is 1. The summed E-state index contributed by atoms with van der Waals surface area (Å²) in [7, 11) is 0. The Hall–Kier alpha value is -2.41. The van der Waals surface area contributed by atoms with E-state index in [-0.39, 0.29) is 17.9 Å². The Morgan fingerprint density at radius 1 is 1.42 bits per heavy atom. The Balaban J connectivity index is 1.64. The van der Waals surface area contributed by atoms with Gasteiger partial charge in [0, 0.05) is 42.3 Å². The van der Waals surface area contributed by atoms with Crippen molar-refractivity contribution in [2.24, 2.45) is 11.7 Å². The molecule has 3 N–H and O–H groups in total. The lowest BCUT2D eigenvalue weighted by Gasteiger charge is -2.32. The summed E-state index contributed by atoms with van der Waals surface area (Å²) in [5.41, 5.74) is 6.99. The molecule has 24 heavy (non-hydrogen) atoms. The highest BCUT2D eigenvalue weighted by molar-refractivity contribution is 7.13. The van der Waals surface area contributed by atoms with E-state index in [1.807, 2.05) is 29.6 Å². The number of thiazole rings is 1. The third-order valence-electron chi connectivity index (χ3n) is 4.09. The average molecular weight is 344 g/mol. The van der Waals surface area contributed by atoms with Crippen LogP contribution in [0.4, 0.5) is 10.5 Å². The fraction of sp³-hybridized carbons (Fsp3) is 0.353. The fourth-order valence-electron chi connectivity index (χ4n) is 3.00. The van der Waals surface area contributed by atoms with Crippen LogP contribution in [0.25, 0.3) is 10.6 Å². The molecule has 3 rings (SSSR count). The number of urea groups is 1. The molecule has 1 atom stereocenters. The number of nitrogens with two attached hydrogens (primary N) is 1. The van der Waals surface area contributed by atoms with Crippen LogP contribution in [0, 0.1) is 5.92 Å². The first-order chi connectivity index (χ1) is 11.6. The Morgan fingerprint density at radius 2 is 2.29 bits per heavy atom. The van der Waals surface area contributed by atoms with E-state index >= 15 is 0 Å². The lowest BCUT2D eigenvalue weighted by molar-refractivity contribution is -0.119. The maximum absolute atomic E-state index is 12.5. The maximum atomic E-state index is 12.5. The van der Waals surface area contributed by atoms with Crippen molar-refractivity contribution < 1.29 is 9.59 Å². The van der Waals surface area contributed by atoms with Gasteiger partial charge in [-0.05, 0) is 30.9 Å². The largest absolute Gasteiger partial charge is 0.370 e. The number of carbonyl (C=O) groups excluding carboxylic acids is 2. The summed E-state index contributed by atoms with van der Waals surface area (Å²) in [6, 6.07) is 7.51. The van der Waals surface area contributed by atoms with E-state index in [0.29, 0.717) is 19.5 Å². The van der Waals surface area contributed by atoms with Gasteiger partial charge in [-0.3, -0.25) is 4.79 Å². The molecular weight excluding hydrogens is 324 g/mol. The van der Waals surface area contributed by atoms with Crippen LogP contribution >= 0.6 is 11.3 Å². The Labute approximate surface area is 144 Å². The number of benzene rings is 1. The number of carbonyl (C=O) groups is 2. The molecule has 1 aromatic carbocycles. The molecule has 0 spiro atoms. The van der Waals surface area contributed by atoms with Crippen molar-refractivity contribution in [3.05, 3.63) is 35.8 Å². The van der Waals surface area contributed by atoms with E-state index in [4.69, 9.17) is 5.73 Å². The number of aromatic nitrogens is 1. The van der Waals surface area contributed by atoms with Gasteiger partial charge < -0.3 is 16.0 Å². The molecule has 1 fully saturated rings. The van der Waals surface area contributed by atoms with Gasteiger partial charge in [-0.25, -0.2) is 9.78 Å². The molecule has 2 aromatic rings. The zero-order valence-electron chi connectivity index (χ0n) is 13.3. The summed E-state index contributed by atoms with van der Waals surface area (Å²) in [6.07, 6.45) is 3.93. The minimum atomic E-state index is -0.307. The van der Waals surface area contributed by atoms with Crippen molar-refractivity contribution in [1.29, 1.82) is 0 Å². The predicted octanol–water partition coefficient (Wildman–Crippen LogP) is 2.93. The molecule has 3 amide bonds. The highest BCUT2D eigenvalue weighted by Gasteiger charge is 2.24. The number of likely N-dealkylation sites (tertiary alicyclic amines) is 1. The zero-order chi connectivity index (χ0) is 16.9. The molecule has 0 bridgehead atoms. The summed E-state index contributed by atoms with van der Waals surface area (Å²) >= 11 is 1.56. The first kappa shape index (κ1) is 16.4. The summed E-state index contributed by atoms with van der Waals surface area (Å²) in [6.45, 7) is 1.27. The van der Waals surface area contributed by atoms with Crippen molar-refractivity contribution in [3.8, 4) is 10.6 Å². The molecule has 2 heterocycles. The smallest absolute Gasteiger partial charge is 0.321 e. The van der Waals surface area contributed by atoms with E-state index in [2.05, 4.69) is 10.3 Å². The normalized spacial score (nSPS) is 17.5. The van der Waals surface area contributed by atoms with E-state index in [1.165, 1.54) is 0 Å². The molecule has 7 heteroatoms. The number of hydrogen-bond acceptors (Lipinski definition) is 4. The lowest BCUT2D eigenvalue weighted by atomic mass is 9.95. The number of piperidine rings is 1. The number of rotatable bonds is 4. The van der Waals surface area contributed by atoms with Crippen LogP contribution in [0.2, 0.25) is 0 Å². The van der Waals surface area contributed by atoms with Gasteiger partial charge in [0.1, 0.15) is 5.01 Å². The SMILES string of the molecule is NC(=O)C[C@@H]1CCCN(C(=O)Nc2cccc(-c3nccs3)c2)C1. The van der Waals surface area contributed by atoms with Crippen molar-refractivity contribution in [2.75, 3.05) is 18.4 Å². The fourth-order valence-corrected chi connectivity index (χ4v) is 3.63. The van der Waals surface area contributed by atoms with Gasteiger partial charge in [-0.2, -0.15) is 0 Å². The molecule has 6 nitrogen and oxygen atoms in total. The molecule has 1 aromatic heterocycles. The quantitative estimate of drug-likeness (QED) is 0.894. The molecule has 1 aliphatic rings. The van der Waals surface area contributed by atoms with Gasteiger partial charge in [0.15, 0.2) is 0 Å². The van der Waals surface area contributed by atoms with E-state index in [0.717, 1.165) is 29.1 Å². The van der Waals surface area contributed by atoms with Gasteiger partial charge >= 0.3 is 6.03 Å². The number of nitrogens with zero attached hydrogens (tertiary/aromatic N) is 2. The minimum absolute atomic E-state index is 0.138. The first-order valence-electron chi connectivity index (χ1n) is 7.96. The maximum Gasteiger partial charge on any atom is 0.321 e. The molecule has 126 valence electrons. The second kappa shape index (κ2) is 7.44. The van der Waals surface area contributed by atoms with E-state index < -0.39 is 0 Å². The Bertz CT molecular complexity index is 717. The van der Waals surface area contributed by atoms with Crippen LogP contribution in [-0.2, 0) is 4.79 Å². The Kier molecular flexibility index (Phi) is 5.10. The van der Waals surface area contributed by atoms with Crippen LogP contribution in [0.15, 0.2) is 35.8 Å². The van der Waals surface area contributed by atoms with Gasteiger partial charge in [0.25, 0.3) is 0 Å². The van der Waals surface area contributed by atoms with Crippen LogP contribution < -0.4 is 11.1 Å². The van der Waals surface area contributed by atoms with Crippen molar-refractivity contribution >= 4 is 29.0 Å². The molecule has 1 saturated heterocycles. The third kappa shape index (κ3) is 4.11. The van der Waals surface area contributed by atoms with Crippen LogP contribution in [0.5, 0.6) is 0 Å². The summed E-state index contributed by atoms with van der Waals surface area (Å²) in [5, 5.41) is 5.78. The number of primary amides is 1. The van der Waals surface area contributed by atoms with Crippen LogP contribution in [0.1, 0.15) is 19.3 Å². The van der Waals surface area contributed by atoms with Crippen molar-refractivity contribution in [3.63, 3.8) is 0 Å². The molecule has 0 aliphatic carbocycles. The van der Waals surface area contributed by atoms with Gasteiger partial charge in [-0.15, -0.1) is 11.3 Å². The molecular formula is C17H20N4O2S. The number of hydrogen-bond donors (Lipinski definition) is 2. The predicted molar refractivity (Wildman–Crippen MR) is 94.7 cm³/mol. The molecule has 0 saturated carbocycles. The standard InChI is InChI=1S/C17H20N4O2S/c18-15(22)9-12-3-2-7-21(11-12)17(23)20-14-5-1-4-13(10-14)16-19-6-8-24-16/h1,4-6,8,10,12H,2-3,7,9,11H2,(H2,18,22)(H,20,23)/t12-/m0/s1. The zero-order valence-corrected chi connectivity index (χ0v) is 14.1. The minimum Gasteiger partial charge on any atom is -0.370 e.